The largest absolute Gasteiger partial charge is 0.489 e. The van der Waals surface area contributed by atoms with Gasteiger partial charge >= 0.3 is 0 Å². The molecule has 0 aromatic heterocycles. The average molecular weight is 298 g/mol. The Labute approximate surface area is 133 Å². The van der Waals surface area contributed by atoms with Gasteiger partial charge in [-0.05, 0) is 44.3 Å². The van der Waals surface area contributed by atoms with Crippen molar-refractivity contribution in [3.05, 3.63) is 65.2 Å². The third kappa shape index (κ3) is 5.88. The number of nitrogens with one attached hydrogen (secondary N) is 1. The molecule has 1 N–H and O–H groups in total. The number of ether oxygens (including phenoxy) is 1. The second kappa shape index (κ2) is 8.57. The molecule has 0 saturated carbocycles. The molecule has 0 aliphatic heterocycles. The summed E-state index contributed by atoms with van der Waals surface area (Å²) >= 11 is 0. The molecule has 3 heteroatoms. The highest BCUT2D eigenvalue weighted by Gasteiger charge is 1.98. The summed E-state index contributed by atoms with van der Waals surface area (Å²) in [6, 6.07) is 16.7. The van der Waals surface area contributed by atoms with Crippen LogP contribution in [-0.2, 0) is 13.2 Å². The molecule has 0 bridgehead atoms. The van der Waals surface area contributed by atoms with E-state index in [1.807, 2.05) is 12.1 Å². The van der Waals surface area contributed by atoms with E-state index >= 15 is 0 Å². The van der Waals surface area contributed by atoms with Crippen LogP contribution >= 0.6 is 0 Å². The van der Waals surface area contributed by atoms with Gasteiger partial charge in [0.05, 0.1) is 0 Å². The van der Waals surface area contributed by atoms with Crippen LogP contribution in [0.3, 0.4) is 0 Å². The van der Waals surface area contributed by atoms with E-state index in [0.717, 1.165) is 25.4 Å². The maximum atomic E-state index is 5.83. The Balaban J connectivity index is 1.77. The van der Waals surface area contributed by atoms with E-state index in [2.05, 4.69) is 67.6 Å². The normalized spacial score (nSPS) is 10.9. The van der Waals surface area contributed by atoms with E-state index < -0.39 is 0 Å². The molecular weight excluding hydrogens is 272 g/mol. The Morgan fingerprint density at radius 2 is 1.77 bits per heavy atom. The van der Waals surface area contributed by atoms with Crippen LogP contribution in [0.2, 0.25) is 0 Å². The van der Waals surface area contributed by atoms with Gasteiger partial charge in [0.1, 0.15) is 12.4 Å². The third-order valence-electron chi connectivity index (χ3n) is 3.48. The zero-order valence-electron chi connectivity index (χ0n) is 13.8. The van der Waals surface area contributed by atoms with E-state index in [0.29, 0.717) is 6.61 Å². The van der Waals surface area contributed by atoms with Gasteiger partial charge in [0.15, 0.2) is 0 Å². The van der Waals surface area contributed by atoms with E-state index in [1.54, 1.807) is 0 Å². The van der Waals surface area contributed by atoms with Crippen molar-refractivity contribution in [3.8, 4) is 5.75 Å². The van der Waals surface area contributed by atoms with Crippen LogP contribution in [0.25, 0.3) is 0 Å². The van der Waals surface area contributed by atoms with Gasteiger partial charge < -0.3 is 15.0 Å². The lowest BCUT2D eigenvalue weighted by molar-refractivity contribution is 0.306. The van der Waals surface area contributed by atoms with Gasteiger partial charge in [-0.2, -0.15) is 0 Å². The topological polar surface area (TPSA) is 24.5 Å². The molecule has 2 aromatic rings. The molecule has 0 spiro atoms. The van der Waals surface area contributed by atoms with Crippen LogP contribution in [0, 0.1) is 6.92 Å². The molecule has 0 aliphatic carbocycles. The fourth-order valence-electron chi connectivity index (χ4n) is 2.21. The van der Waals surface area contributed by atoms with Crippen molar-refractivity contribution >= 4 is 0 Å². The first-order valence-electron chi connectivity index (χ1n) is 7.76. The first kappa shape index (κ1) is 16.5. The van der Waals surface area contributed by atoms with Crippen molar-refractivity contribution in [2.24, 2.45) is 0 Å². The van der Waals surface area contributed by atoms with Crippen molar-refractivity contribution in [1.82, 2.24) is 10.2 Å². The number of hydrogen-bond donors (Lipinski definition) is 1. The van der Waals surface area contributed by atoms with E-state index in [1.165, 1.54) is 16.7 Å². The molecule has 0 amide bonds. The predicted octanol–water partition coefficient (Wildman–Crippen LogP) is 3.23. The monoisotopic (exact) mass is 298 g/mol. The number of nitrogens with zero attached hydrogens (tertiary/aromatic N) is 1. The second-order valence-electron chi connectivity index (χ2n) is 5.90. The number of likely N-dealkylation sites (N-methyl/N-ethyl adjacent to an activating group) is 1. The molecular formula is C19H26N2O. The quantitative estimate of drug-likeness (QED) is 0.757. The van der Waals surface area contributed by atoms with Crippen LogP contribution in [0.4, 0.5) is 0 Å². The number of benzene rings is 2. The van der Waals surface area contributed by atoms with Gasteiger partial charge in [0.2, 0.25) is 0 Å². The van der Waals surface area contributed by atoms with Crippen molar-refractivity contribution in [3.63, 3.8) is 0 Å². The lowest BCUT2D eigenvalue weighted by Crippen LogP contribution is -2.26. The lowest BCUT2D eigenvalue weighted by Gasteiger charge is -2.11. The fraction of sp³-hybridized carbons (Fsp3) is 0.368. The molecule has 0 unspecified atom stereocenters. The summed E-state index contributed by atoms with van der Waals surface area (Å²) in [6.45, 7) is 5.66. The molecule has 118 valence electrons. The second-order valence-corrected chi connectivity index (χ2v) is 5.90. The maximum absolute atomic E-state index is 5.83. The predicted molar refractivity (Wildman–Crippen MR) is 92.2 cm³/mol. The summed E-state index contributed by atoms with van der Waals surface area (Å²) in [5, 5.41) is 3.43. The zero-order valence-corrected chi connectivity index (χ0v) is 13.8. The molecule has 0 fully saturated rings. The van der Waals surface area contributed by atoms with Crippen molar-refractivity contribution in [1.29, 1.82) is 0 Å². The number of aryl methyl sites for hydroxylation is 1. The molecule has 0 radical (unpaired) electrons. The standard InChI is InChI=1S/C19H26N2O/c1-16-5-4-6-18(13-16)15-22-19-9-7-17(8-10-19)14-20-11-12-21(2)3/h4-10,13,20H,11-12,14-15H2,1-3H3. The van der Waals surface area contributed by atoms with Crippen molar-refractivity contribution < 1.29 is 4.74 Å². The zero-order chi connectivity index (χ0) is 15.8. The molecule has 0 saturated heterocycles. The fourth-order valence-corrected chi connectivity index (χ4v) is 2.21. The van der Waals surface area contributed by atoms with E-state index in [-0.39, 0.29) is 0 Å². The first-order valence-corrected chi connectivity index (χ1v) is 7.76. The van der Waals surface area contributed by atoms with E-state index in [4.69, 9.17) is 4.74 Å². The number of rotatable bonds is 8. The first-order chi connectivity index (χ1) is 10.6. The highest BCUT2D eigenvalue weighted by atomic mass is 16.5. The van der Waals surface area contributed by atoms with Crippen LogP contribution in [0.5, 0.6) is 5.75 Å². The maximum Gasteiger partial charge on any atom is 0.119 e. The lowest BCUT2D eigenvalue weighted by atomic mass is 10.1. The molecule has 0 aliphatic rings. The molecule has 0 heterocycles. The highest BCUT2D eigenvalue weighted by Crippen LogP contribution is 2.14. The molecule has 0 atom stereocenters. The minimum atomic E-state index is 0.613. The summed E-state index contributed by atoms with van der Waals surface area (Å²) in [5.74, 6) is 0.915. The third-order valence-corrected chi connectivity index (χ3v) is 3.48. The van der Waals surface area contributed by atoms with E-state index in [9.17, 15) is 0 Å². The molecule has 2 rings (SSSR count). The Hall–Kier alpha value is -1.84. The molecule has 22 heavy (non-hydrogen) atoms. The van der Waals surface area contributed by atoms with Gasteiger partial charge in [-0.1, -0.05) is 42.0 Å². The van der Waals surface area contributed by atoms with Crippen LogP contribution in [0.15, 0.2) is 48.5 Å². The van der Waals surface area contributed by atoms with Gasteiger partial charge in [-0.3, -0.25) is 0 Å². The minimum absolute atomic E-state index is 0.613. The van der Waals surface area contributed by atoms with Gasteiger partial charge in [0.25, 0.3) is 0 Å². The van der Waals surface area contributed by atoms with Crippen molar-refractivity contribution in [2.75, 3.05) is 27.2 Å². The van der Waals surface area contributed by atoms with Gasteiger partial charge in [0, 0.05) is 19.6 Å². The SMILES string of the molecule is Cc1cccc(COc2ccc(CNCCN(C)C)cc2)c1. The smallest absolute Gasteiger partial charge is 0.119 e. The van der Waals surface area contributed by atoms with Crippen molar-refractivity contribution in [2.45, 2.75) is 20.1 Å². The van der Waals surface area contributed by atoms with Gasteiger partial charge in [-0.25, -0.2) is 0 Å². The van der Waals surface area contributed by atoms with Crippen LogP contribution < -0.4 is 10.1 Å². The molecule has 3 nitrogen and oxygen atoms in total. The summed E-state index contributed by atoms with van der Waals surface area (Å²) in [7, 11) is 4.17. The van der Waals surface area contributed by atoms with Gasteiger partial charge in [-0.15, -0.1) is 0 Å². The van der Waals surface area contributed by atoms with Crippen LogP contribution in [0.1, 0.15) is 16.7 Å². The minimum Gasteiger partial charge on any atom is -0.489 e. The number of hydrogen-bond acceptors (Lipinski definition) is 3. The Morgan fingerprint density at radius 3 is 2.45 bits per heavy atom. The Morgan fingerprint density at radius 1 is 1.00 bits per heavy atom. The van der Waals surface area contributed by atoms with Crippen LogP contribution in [-0.4, -0.2) is 32.1 Å². The molecule has 2 aromatic carbocycles. The highest BCUT2D eigenvalue weighted by molar-refractivity contribution is 5.28. The summed E-state index contributed by atoms with van der Waals surface area (Å²) in [4.78, 5) is 2.18. The summed E-state index contributed by atoms with van der Waals surface area (Å²) < 4.78 is 5.83. The Bertz CT molecular complexity index is 564. The average Bonchev–Trinajstić information content (AvgIpc) is 2.51. The summed E-state index contributed by atoms with van der Waals surface area (Å²) in [6.07, 6.45) is 0. The summed E-state index contributed by atoms with van der Waals surface area (Å²) in [5.41, 5.74) is 3.75. The Kier molecular flexibility index (Phi) is 6.44.